The summed E-state index contributed by atoms with van der Waals surface area (Å²) < 4.78 is 69.5. The number of carbonyl (C=O) groups is 2. The maximum atomic E-state index is 14.2. The Hall–Kier alpha value is -3.63. The molecule has 178 valence electrons. The first-order valence-electron chi connectivity index (χ1n) is 10.5. The smallest absolute Gasteiger partial charge is 0.406 e. The second kappa shape index (κ2) is 7.71. The first kappa shape index (κ1) is 22.2. The van der Waals surface area contributed by atoms with Gasteiger partial charge in [-0.3, -0.25) is 4.79 Å². The number of nitrogens with one attached hydrogen (secondary N) is 1. The molecule has 1 unspecified atom stereocenters. The topological polar surface area (TPSA) is 61.7 Å². The lowest BCUT2D eigenvalue weighted by molar-refractivity contribution is -0.274. The van der Waals surface area contributed by atoms with Crippen molar-refractivity contribution >= 4 is 23.2 Å². The van der Waals surface area contributed by atoms with Gasteiger partial charge in [-0.05, 0) is 41.3 Å². The molecule has 2 aromatic rings. The van der Waals surface area contributed by atoms with Gasteiger partial charge in [0.1, 0.15) is 12.3 Å². The molecular formula is C23H18F5N3O3. The number of hydrogen-bond acceptors (Lipinski definition) is 3. The minimum atomic E-state index is -4.82. The van der Waals surface area contributed by atoms with Crippen LogP contribution in [0.4, 0.5) is 32.4 Å². The highest BCUT2D eigenvalue weighted by Crippen LogP contribution is 2.50. The average molecular weight is 479 g/mol. The lowest BCUT2D eigenvalue weighted by Crippen LogP contribution is -2.44. The van der Waals surface area contributed by atoms with Gasteiger partial charge in [0.2, 0.25) is 5.91 Å². The van der Waals surface area contributed by atoms with Gasteiger partial charge in [0.25, 0.3) is 0 Å². The van der Waals surface area contributed by atoms with Gasteiger partial charge >= 0.3 is 12.4 Å². The van der Waals surface area contributed by atoms with E-state index in [1.807, 2.05) is 13.0 Å². The zero-order chi connectivity index (χ0) is 24.4. The van der Waals surface area contributed by atoms with Crippen molar-refractivity contribution in [1.82, 2.24) is 9.80 Å². The molecule has 2 aliphatic heterocycles. The van der Waals surface area contributed by atoms with E-state index in [2.05, 4.69) is 10.1 Å². The summed E-state index contributed by atoms with van der Waals surface area (Å²) in [4.78, 5) is 28.0. The van der Waals surface area contributed by atoms with E-state index in [9.17, 15) is 31.5 Å². The van der Waals surface area contributed by atoms with Gasteiger partial charge in [0, 0.05) is 5.56 Å². The standard InChI is InChI=1S/C23H18F5N3O3/c1-11-7-14(12-3-2-4-13(8-12)34-23(26,27)28)21-20(11)31(21)18(32)10-30-9-15-17(29-22(30)33)6-5-16(24)19(15)25/h2-8,11,20-21H,9-10H2,1H3,(H,29,33)/t11-,20?,21-,31?/m1/s1. The van der Waals surface area contributed by atoms with Crippen LogP contribution in [0, 0.1) is 17.6 Å². The number of hydrogen-bond donors (Lipinski definition) is 1. The molecule has 2 heterocycles. The van der Waals surface area contributed by atoms with Gasteiger partial charge in [0.15, 0.2) is 11.6 Å². The first-order chi connectivity index (χ1) is 16.0. The number of ether oxygens (including phenoxy) is 1. The van der Waals surface area contributed by atoms with E-state index in [0.717, 1.165) is 11.0 Å². The van der Waals surface area contributed by atoms with E-state index < -0.39 is 29.9 Å². The molecule has 3 aliphatic rings. The zero-order valence-corrected chi connectivity index (χ0v) is 17.7. The van der Waals surface area contributed by atoms with Crippen molar-refractivity contribution in [2.24, 2.45) is 5.92 Å². The SMILES string of the molecule is C[C@@H]1C=C(c2cccc(OC(F)(F)F)c2)[C@@H]2C1N2C(=O)CN1Cc2c(ccc(F)c2F)NC1=O. The Morgan fingerprint density at radius 2 is 1.97 bits per heavy atom. The average Bonchev–Trinajstić information content (AvgIpc) is 3.41. The van der Waals surface area contributed by atoms with Gasteiger partial charge in [-0.15, -0.1) is 13.2 Å². The summed E-state index contributed by atoms with van der Waals surface area (Å²) in [5, 5.41) is 2.45. The van der Waals surface area contributed by atoms with Crippen molar-refractivity contribution in [3.8, 4) is 5.75 Å². The fourth-order valence-corrected chi connectivity index (χ4v) is 4.76. The second-order valence-corrected chi connectivity index (χ2v) is 8.47. The lowest BCUT2D eigenvalue weighted by atomic mass is 10.0. The molecule has 1 saturated heterocycles. The third-order valence-corrected chi connectivity index (χ3v) is 6.24. The van der Waals surface area contributed by atoms with Crippen molar-refractivity contribution in [2.75, 3.05) is 11.9 Å². The monoisotopic (exact) mass is 479 g/mol. The Bertz CT molecular complexity index is 1230. The number of alkyl halides is 3. The number of nitrogens with zero attached hydrogens (tertiary/aromatic N) is 2. The number of halogens is 5. The Labute approximate surface area is 190 Å². The molecule has 2 aromatic carbocycles. The molecule has 5 rings (SSSR count). The van der Waals surface area contributed by atoms with Gasteiger partial charge in [-0.25, -0.2) is 13.6 Å². The van der Waals surface area contributed by atoms with Gasteiger partial charge in [-0.1, -0.05) is 25.1 Å². The highest BCUT2D eigenvalue weighted by molar-refractivity contribution is 5.96. The maximum Gasteiger partial charge on any atom is 0.573 e. The zero-order valence-electron chi connectivity index (χ0n) is 17.7. The Kier molecular flexibility index (Phi) is 5.03. The summed E-state index contributed by atoms with van der Waals surface area (Å²) in [6.07, 6.45) is -2.93. The van der Waals surface area contributed by atoms with E-state index in [1.54, 1.807) is 11.0 Å². The minimum absolute atomic E-state index is 0.0474. The third kappa shape index (κ3) is 3.84. The fraction of sp³-hybridized carbons (Fsp3) is 0.304. The number of rotatable bonds is 4. The molecule has 0 radical (unpaired) electrons. The maximum absolute atomic E-state index is 14.2. The predicted octanol–water partition coefficient (Wildman–Crippen LogP) is 4.52. The van der Waals surface area contributed by atoms with Crippen LogP contribution in [0.1, 0.15) is 18.1 Å². The Morgan fingerprint density at radius 1 is 1.21 bits per heavy atom. The highest BCUT2D eigenvalue weighted by Gasteiger charge is 2.58. The summed E-state index contributed by atoms with van der Waals surface area (Å²) in [5.74, 6) is -2.96. The van der Waals surface area contributed by atoms with E-state index in [-0.39, 0.29) is 48.1 Å². The molecule has 1 aliphatic carbocycles. The minimum Gasteiger partial charge on any atom is -0.406 e. The highest BCUT2D eigenvalue weighted by atomic mass is 19.4. The molecular weight excluding hydrogens is 461 g/mol. The van der Waals surface area contributed by atoms with Crippen LogP contribution in [-0.4, -0.2) is 46.7 Å². The van der Waals surface area contributed by atoms with Crippen LogP contribution in [0.15, 0.2) is 42.5 Å². The van der Waals surface area contributed by atoms with Crippen LogP contribution in [0.25, 0.3) is 5.57 Å². The molecule has 3 amide bonds. The Balaban J connectivity index is 1.31. The number of carbonyl (C=O) groups excluding carboxylic acids is 2. The van der Waals surface area contributed by atoms with E-state index in [0.29, 0.717) is 11.1 Å². The quantitative estimate of drug-likeness (QED) is 0.518. The van der Waals surface area contributed by atoms with Crippen LogP contribution in [0.2, 0.25) is 0 Å². The molecule has 1 fully saturated rings. The first-order valence-corrected chi connectivity index (χ1v) is 10.5. The van der Waals surface area contributed by atoms with Crippen LogP contribution < -0.4 is 10.1 Å². The molecule has 1 N–H and O–H groups in total. The van der Waals surface area contributed by atoms with Crippen molar-refractivity contribution in [3.63, 3.8) is 0 Å². The normalized spacial score (nSPS) is 23.2. The van der Waals surface area contributed by atoms with Crippen LogP contribution in [0.3, 0.4) is 0 Å². The summed E-state index contributed by atoms with van der Waals surface area (Å²) in [6.45, 7) is 1.26. The molecule has 3 atom stereocenters. The third-order valence-electron chi connectivity index (χ3n) is 6.24. The summed E-state index contributed by atoms with van der Waals surface area (Å²) in [5.41, 5.74) is 1.29. The number of fused-ring (bicyclic) bond motifs is 2. The fourth-order valence-electron chi connectivity index (χ4n) is 4.76. The summed E-state index contributed by atoms with van der Waals surface area (Å²) >= 11 is 0. The van der Waals surface area contributed by atoms with Crippen molar-refractivity contribution in [1.29, 1.82) is 0 Å². The number of benzene rings is 2. The second-order valence-electron chi connectivity index (χ2n) is 8.47. The molecule has 0 bridgehead atoms. The van der Waals surface area contributed by atoms with E-state index >= 15 is 0 Å². The van der Waals surface area contributed by atoms with Crippen molar-refractivity contribution in [2.45, 2.75) is 31.9 Å². The van der Waals surface area contributed by atoms with Crippen LogP contribution in [0.5, 0.6) is 5.75 Å². The number of anilines is 1. The molecule has 0 aromatic heterocycles. The summed E-state index contributed by atoms with van der Waals surface area (Å²) in [7, 11) is 0. The Morgan fingerprint density at radius 3 is 2.71 bits per heavy atom. The predicted molar refractivity (Wildman–Crippen MR) is 110 cm³/mol. The number of urea groups is 1. The molecule has 11 heteroatoms. The van der Waals surface area contributed by atoms with Crippen molar-refractivity contribution < 1.29 is 36.3 Å². The lowest BCUT2D eigenvalue weighted by Gasteiger charge is -2.29. The van der Waals surface area contributed by atoms with Crippen LogP contribution in [-0.2, 0) is 11.3 Å². The van der Waals surface area contributed by atoms with Gasteiger partial charge < -0.3 is 19.9 Å². The molecule has 6 nitrogen and oxygen atoms in total. The van der Waals surface area contributed by atoms with Gasteiger partial charge in [-0.2, -0.15) is 0 Å². The largest absolute Gasteiger partial charge is 0.573 e. The molecule has 0 spiro atoms. The number of amides is 3. The van der Waals surface area contributed by atoms with E-state index in [4.69, 9.17) is 0 Å². The van der Waals surface area contributed by atoms with Crippen molar-refractivity contribution in [3.05, 3.63) is 65.2 Å². The molecule has 34 heavy (non-hydrogen) atoms. The summed E-state index contributed by atoms with van der Waals surface area (Å²) in [6, 6.07) is 6.55. The van der Waals surface area contributed by atoms with Crippen LogP contribution >= 0.6 is 0 Å². The van der Waals surface area contributed by atoms with E-state index in [1.165, 1.54) is 24.3 Å². The van der Waals surface area contributed by atoms with Gasteiger partial charge in [0.05, 0.1) is 24.3 Å². The molecule has 0 saturated carbocycles.